The molecule has 0 aliphatic carbocycles. The Kier molecular flexibility index (Phi) is 5.81. The van der Waals surface area contributed by atoms with Crippen LogP contribution in [0.15, 0.2) is 43.0 Å². The molecule has 2 aromatic rings. The van der Waals surface area contributed by atoms with Gasteiger partial charge in [-0.25, -0.2) is 9.37 Å². The largest absolute Gasteiger partial charge is 0.379 e. The summed E-state index contributed by atoms with van der Waals surface area (Å²) >= 11 is 0. The molecule has 0 N–H and O–H groups in total. The van der Waals surface area contributed by atoms with E-state index >= 15 is 0 Å². The van der Waals surface area contributed by atoms with Gasteiger partial charge >= 0.3 is 0 Å². The van der Waals surface area contributed by atoms with Gasteiger partial charge in [-0.3, -0.25) is 4.79 Å². The topological polar surface area (TPSA) is 47.4 Å². The number of carbonyl (C=O) groups is 1. The van der Waals surface area contributed by atoms with E-state index < -0.39 is 0 Å². The minimum atomic E-state index is -0.170. The zero-order valence-corrected chi connectivity index (χ0v) is 14.5. The van der Waals surface area contributed by atoms with E-state index in [-0.39, 0.29) is 23.7 Å². The molecule has 1 fully saturated rings. The quantitative estimate of drug-likeness (QED) is 0.808. The molecule has 134 valence electrons. The normalized spacial score (nSPS) is 20.6. The van der Waals surface area contributed by atoms with Crippen LogP contribution in [0.1, 0.15) is 18.4 Å². The molecule has 0 spiro atoms. The highest BCUT2D eigenvalue weighted by molar-refractivity contribution is 5.76. The van der Waals surface area contributed by atoms with Crippen LogP contribution in [0.5, 0.6) is 0 Å². The third-order valence-electron chi connectivity index (χ3n) is 4.93. The number of ether oxygens (including phenoxy) is 1. The van der Waals surface area contributed by atoms with E-state index in [1.165, 1.54) is 6.07 Å². The Morgan fingerprint density at radius 2 is 2.24 bits per heavy atom. The van der Waals surface area contributed by atoms with Crippen LogP contribution in [0.25, 0.3) is 0 Å². The Hall–Kier alpha value is -2.21. The molecule has 1 aromatic heterocycles. The lowest BCUT2D eigenvalue weighted by Crippen LogP contribution is -2.48. The van der Waals surface area contributed by atoms with E-state index in [1.54, 1.807) is 25.7 Å². The van der Waals surface area contributed by atoms with E-state index in [1.807, 2.05) is 27.8 Å². The first-order chi connectivity index (χ1) is 12.2. The van der Waals surface area contributed by atoms with Gasteiger partial charge in [0, 0.05) is 45.6 Å². The summed E-state index contributed by atoms with van der Waals surface area (Å²) < 4.78 is 21.4. The fourth-order valence-corrected chi connectivity index (χ4v) is 3.44. The maximum Gasteiger partial charge on any atom is 0.224 e. The van der Waals surface area contributed by atoms with Gasteiger partial charge in [-0.05, 0) is 30.4 Å². The summed E-state index contributed by atoms with van der Waals surface area (Å²) in [5.41, 5.74) is 0.717. The molecule has 3 rings (SSSR count). The number of hydrogen-bond donors (Lipinski definition) is 0. The molecule has 6 heteroatoms. The van der Waals surface area contributed by atoms with Crippen LogP contribution in [0.3, 0.4) is 0 Å². The van der Waals surface area contributed by atoms with Crippen molar-refractivity contribution in [2.24, 2.45) is 5.92 Å². The van der Waals surface area contributed by atoms with Crippen molar-refractivity contribution in [1.82, 2.24) is 14.5 Å². The molecule has 2 atom stereocenters. The molecule has 0 unspecified atom stereocenters. The molecule has 25 heavy (non-hydrogen) atoms. The van der Waals surface area contributed by atoms with Crippen LogP contribution in [0.4, 0.5) is 4.39 Å². The molecule has 0 saturated carbocycles. The van der Waals surface area contributed by atoms with Gasteiger partial charge in [-0.2, -0.15) is 0 Å². The Morgan fingerprint density at radius 1 is 1.40 bits per heavy atom. The van der Waals surface area contributed by atoms with Crippen LogP contribution in [0, 0.1) is 11.7 Å². The van der Waals surface area contributed by atoms with Gasteiger partial charge in [0.1, 0.15) is 5.82 Å². The summed E-state index contributed by atoms with van der Waals surface area (Å²) in [5.74, 6) is 0.177. The molecule has 1 aromatic carbocycles. The number of carbonyl (C=O) groups excluding carboxylic acids is 1. The zero-order valence-electron chi connectivity index (χ0n) is 14.5. The van der Waals surface area contributed by atoms with Gasteiger partial charge in [0.05, 0.1) is 12.4 Å². The fourth-order valence-electron chi connectivity index (χ4n) is 3.44. The van der Waals surface area contributed by atoms with E-state index in [4.69, 9.17) is 4.74 Å². The average molecular weight is 345 g/mol. The maximum atomic E-state index is 13.9. The number of aromatic nitrogens is 2. The summed E-state index contributed by atoms with van der Waals surface area (Å²) in [4.78, 5) is 18.3. The Balaban J connectivity index is 1.55. The number of nitrogens with zero attached hydrogens (tertiary/aromatic N) is 3. The number of methoxy groups -OCH3 is 1. The Bertz CT molecular complexity index is 690. The predicted octanol–water partition coefficient (Wildman–Crippen LogP) is 2.52. The molecule has 1 amide bonds. The highest BCUT2D eigenvalue weighted by Crippen LogP contribution is 2.25. The van der Waals surface area contributed by atoms with Gasteiger partial charge < -0.3 is 14.2 Å². The van der Waals surface area contributed by atoms with Crippen molar-refractivity contribution in [3.63, 3.8) is 0 Å². The maximum absolute atomic E-state index is 13.9. The van der Waals surface area contributed by atoms with Gasteiger partial charge in [-0.1, -0.05) is 18.2 Å². The van der Waals surface area contributed by atoms with Crippen molar-refractivity contribution < 1.29 is 13.9 Å². The minimum absolute atomic E-state index is 0.0643. The second kappa shape index (κ2) is 8.25. The number of benzene rings is 1. The molecule has 2 heterocycles. The Morgan fingerprint density at radius 3 is 2.96 bits per heavy atom. The lowest BCUT2D eigenvalue weighted by Gasteiger charge is -2.38. The SMILES string of the molecule is CO[C@@H]1CN(C(=O)CCn2ccnc2)CC[C@@H]1Cc1ccccc1F. The number of hydrogen-bond acceptors (Lipinski definition) is 3. The Labute approximate surface area is 147 Å². The van der Waals surface area contributed by atoms with Gasteiger partial charge in [0.2, 0.25) is 5.91 Å². The number of rotatable bonds is 6. The summed E-state index contributed by atoms with van der Waals surface area (Å²) in [5, 5.41) is 0. The van der Waals surface area contributed by atoms with Crippen LogP contribution < -0.4 is 0 Å². The molecule has 1 aliphatic rings. The van der Waals surface area contributed by atoms with E-state index in [9.17, 15) is 9.18 Å². The van der Waals surface area contributed by atoms with E-state index in [2.05, 4.69) is 4.98 Å². The van der Waals surface area contributed by atoms with Crippen molar-refractivity contribution in [3.8, 4) is 0 Å². The smallest absolute Gasteiger partial charge is 0.224 e. The second-order valence-corrected chi connectivity index (χ2v) is 6.51. The number of amides is 1. The first-order valence-corrected chi connectivity index (χ1v) is 8.67. The van der Waals surface area contributed by atoms with Crippen LogP contribution in [0.2, 0.25) is 0 Å². The number of imidazole rings is 1. The van der Waals surface area contributed by atoms with Crippen LogP contribution >= 0.6 is 0 Å². The lowest BCUT2D eigenvalue weighted by molar-refractivity contribution is -0.136. The van der Waals surface area contributed by atoms with Crippen LogP contribution in [-0.4, -0.2) is 46.7 Å². The van der Waals surface area contributed by atoms with Gasteiger partial charge in [-0.15, -0.1) is 0 Å². The summed E-state index contributed by atoms with van der Waals surface area (Å²) in [7, 11) is 1.67. The molecule has 0 radical (unpaired) electrons. The summed E-state index contributed by atoms with van der Waals surface area (Å²) in [6.07, 6.45) is 7.12. The fraction of sp³-hybridized carbons (Fsp3) is 0.474. The summed E-state index contributed by atoms with van der Waals surface area (Å²) in [6, 6.07) is 6.87. The first-order valence-electron chi connectivity index (χ1n) is 8.67. The monoisotopic (exact) mass is 345 g/mol. The van der Waals surface area contributed by atoms with Gasteiger partial charge in [0.25, 0.3) is 0 Å². The molecular formula is C19H24FN3O2. The number of piperidine rings is 1. The van der Waals surface area contributed by atoms with Crippen molar-refractivity contribution in [2.45, 2.75) is 31.9 Å². The zero-order chi connectivity index (χ0) is 17.6. The van der Waals surface area contributed by atoms with E-state index in [0.29, 0.717) is 32.5 Å². The standard InChI is InChI=1S/C19H24FN3O2/c1-25-18-13-23(19(24)7-9-22-11-8-21-14-22)10-6-16(18)12-15-4-2-3-5-17(15)20/h2-5,8,11,14,16,18H,6-7,9-10,12-13H2,1H3/t16-,18-/m1/s1. The number of likely N-dealkylation sites (tertiary alicyclic amines) is 1. The lowest BCUT2D eigenvalue weighted by atomic mass is 9.87. The molecular weight excluding hydrogens is 321 g/mol. The van der Waals surface area contributed by atoms with E-state index in [0.717, 1.165) is 12.0 Å². The van der Waals surface area contributed by atoms with Gasteiger partial charge in [0.15, 0.2) is 0 Å². The molecule has 5 nitrogen and oxygen atoms in total. The van der Waals surface area contributed by atoms with Crippen LogP contribution in [-0.2, 0) is 22.5 Å². The third-order valence-corrected chi connectivity index (χ3v) is 4.93. The summed E-state index contributed by atoms with van der Waals surface area (Å²) in [6.45, 7) is 1.89. The second-order valence-electron chi connectivity index (χ2n) is 6.51. The number of halogens is 1. The molecule has 1 saturated heterocycles. The molecule has 1 aliphatic heterocycles. The first kappa shape index (κ1) is 17.6. The third kappa shape index (κ3) is 4.45. The van der Waals surface area contributed by atoms with Crippen molar-refractivity contribution in [1.29, 1.82) is 0 Å². The average Bonchev–Trinajstić information content (AvgIpc) is 3.15. The van der Waals surface area contributed by atoms with Crippen molar-refractivity contribution in [2.75, 3.05) is 20.2 Å². The van der Waals surface area contributed by atoms with Crippen molar-refractivity contribution >= 4 is 5.91 Å². The minimum Gasteiger partial charge on any atom is -0.379 e. The van der Waals surface area contributed by atoms with Crippen molar-refractivity contribution in [3.05, 3.63) is 54.4 Å². The highest BCUT2D eigenvalue weighted by atomic mass is 19.1. The molecule has 0 bridgehead atoms. The number of aryl methyl sites for hydroxylation is 1. The predicted molar refractivity (Wildman–Crippen MR) is 92.4 cm³/mol. The highest BCUT2D eigenvalue weighted by Gasteiger charge is 2.31.